The fraction of sp³-hybridized carbons (Fsp3) is 0.300. The van der Waals surface area contributed by atoms with Crippen LogP contribution in [0.1, 0.15) is 45.7 Å². The molecule has 0 aromatic heterocycles. The maximum Gasteiger partial charge on any atom is 0.340 e. The summed E-state index contributed by atoms with van der Waals surface area (Å²) in [7, 11) is 0. The number of carbonyl (C=O) groups excluding carboxylic acids is 2. The number of benzene rings is 2. The van der Waals surface area contributed by atoms with E-state index in [-0.39, 0.29) is 5.91 Å². The van der Waals surface area contributed by atoms with Crippen molar-refractivity contribution in [2.24, 2.45) is 0 Å². The minimum atomic E-state index is -0.417. The number of ether oxygens (including phenoxy) is 1. The zero-order chi connectivity index (χ0) is 17.7. The van der Waals surface area contributed by atoms with Crippen LogP contribution in [0.15, 0.2) is 42.5 Å². The molecule has 2 aromatic carbocycles. The zero-order valence-corrected chi connectivity index (χ0v) is 14.6. The van der Waals surface area contributed by atoms with Crippen molar-refractivity contribution in [3.05, 3.63) is 64.7 Å². The van der Waals surface area contributed by atoms with Crippen molar-refractivity contribution in [1.29, 1.82) is 0 Å². The summed E-state index contributed by atoms with van der Waals surface area (Å²) in [6.07, 6.45) is 0. The van der Waals surface area contributed by atoms with E-state index in [2.05, 4.69) is 0 Å². The summed E-state index contributed by atoms with van der Waals surface area (Å²) in [5, 5.41) is 0. The van der Waals surface area contributed by atoms with Crippen molar-refractivity contribution < 1.29 is 14.3 Å². The van der Waals surface area contributed by atoms with Crippen LogP contribution in [0, 0.1) is 13.8 Å². The van der Waals surface area contributed by atoms with Gasteiger partial charge in [-0.1, -0.05) is 18.2 Å². The quantitative estimate of drug-likeness (QED) is 0.776. The van der Waals surface area contributed by atoms with E-state index in [1.54, 1.807) is 30.0 Å². The van der Waals surface area contributed by atoms with Crippen molar-refractivity contribution in [1.82, 2.24) is 0 Å². The fourth-order valence-electron chi connectivity index (χ4n) is 2.54. The van der Waals surface area contributed by atoms with E-state index < -0.39 is 5.97 Å². The Hall–Kier alpha value is -2.62. The molecule has 0 aliphatic carbocycles. The number of esters is 1. The Labute approximate surface area is 143 Å². The largest absolute Gasteiger partial charge is 0.462 e. The van der Waals surface area contributed by atoms with Crippen molar-refractivity contribution in [3.63, 3.8) is 0 Å². The molecule has 0 aliphatic heterocycles. The highest BCUT2D eigenvalue weighted by atomic mass is 16.5. The SMILES string of the molecule is CCOC(=O)c1ccccc1N(CC)C(=O)c1ccc(C)c(C)c1. The molecule has 0 radical (unpaired) electrons. The van der Waals surface area contributed by atoms with Crippen LogP contribution in [-0.2, 0) is 4.74 Å². The van der Waals surface area contributed by atoms with Crippen molar-refractivity contribution in [2.45, 2.75) is 27.7 Å². The molecular formula is C20H23NO3. The maximum atomic E-state index is 12.9. The van der Waals surface area contributed by atoms with Crippen LogP contribution in [-0.4, -0.2) is 25.0 Å². The molecule has 0 unspecified atom stereocenters. The van der Waals surface area contributed by atoms with Gasteiger partial charge in [0.25, 0.3) is 5.91 Å². The molecule has 2 rings (SSSR count). The number of rotatable bonds is 5. The van der Waals surface area contributed by atoms with Gasteiger partial charge in [-0.15, -0.1) is 0 Å². The summed E-state index contributed by atoms with van der Waals surface area (Å²) in [6, 6.07) is 12.7. The molecule has 2 aromatic rings. The average Bonchev–Trinajstić information content (AvgIpc) is 2.58. The first kappa shape index (κ1) is 17.7. The topological polar surface area (TPSA) is 46.6 Å². The van der Waals surface area contributed by atoms with Crippen LogP contribution in [0.3, 0.4) is 0 Å². The number of anilines is 1. The van der Waals surface area contributed by atoms with Gasteiger partial charge in [0, 0.05) is 12.1 Å². The summed E-state index contributed by atoms with van der Waals surface area (Å²) in [5.41, 5.74) is 3.79. The highest BCUT2D eigenvalue weighted by molar-refractivity contribution is 6.09. The van der Waals surface area contributed by atoms with Gasteiger partial charge in [0.05, 0.1) is 17.9 Å². The second kappa shape index (κ2) is 7.77. The summed E-state index contributed by atoms with van der Waals surface area (Å²) in [5.74, 6) is -0.545. The van der Waals surface area contributed by atoms with E-state index in [1.165, 1.54) is 0 Å². The number of nitrogens with zero attached hydrogens (tertiary/aromatic N) is 1. The van der Waals surface area contributed by atoms with Crippen LogP contribution in [0.25, 0.3) is 0 Å². The molecule has 24 heavy (non-hydrogen) atoms. The molecule has 0 aliphatic rings. The highest BCUT2D eigenvalue weighted by Crippen LogP contribution is 2.24. The Balaban J connectivity index is 2.43. The number of hydrogen-bond acceptors (Lipinski definition) is 3. The number of hydrogen-bond donors (Lipinski definition) is 0. The Morgan fingerprint density at radius 3 is 2.33 bits per heavy atom. The minimum absolute atomic E-state index is 0.127. The monoisotopic (exact) mass is 325 g/mol. The third kappa shape index (κ3) is 3.65. The minimum Gasteiger partial charge on any atom is -0.462 e. The molecule has 0 atom stereocenters. The van der Waals surface area contributed by atoms with E-state index in [0.29, 0.717) is 30.0 Å². The van der Waals surface area contributed by atoms with Crippen LogP contribution in [0.5, 0.6) is 0 Å². The molecule has 4 heteroatoms. The first-order valence-corrected chi connectivity index (χ1v) is 8.14. The van der Waals surface area contributed by atoms with Crippen molar-refractivity contribution in [2.75, 3.05) is 18.1 Å². The number of carbonyl (C=O) groups is 2. The van der Waals surface area contributed by atoms with Gasteiger partial charge in [0.2, 0.25) is 0 Å². The molecule has 126 valence electrons. The molecule has 0 fully saturated rings. The highest BCUT2D eigenvalue weighted by Gasteiger charge is 2.22. The van der Waals surface area contributed by atoms with Gasteiger partial charge in [-0.25, -0.2) is 4.79 Å². The molecule has 0 spiro atoms. The first-order chi connectivity index (χ1) is 11.5. The predicted molar refractivity (Wildman–Crippen MR) is 95.7 cm³/mol. The standard InChI is InChI=1S/C20H23NO3/c1-5-21(19(22)16-12-11-14(3)15(4)13-16)18-10-8-7-9-17(18)20(23)24-6-2/h7-13H,5-6H2,1-4H3. The van der Waals surface area contributed by atoms with Crippen molar-refractivity contribution in [3.8, 4) is 0 Å². The summed E-state index contributed by atoms with van der Waals surface area (Å²) in [6.45, 7) is 8.40. The van der Waals surface area contributed by atoms with Gasteiger partial charge in [0.15, 0.2) is 0 Å². The van der Waals surface area contributed by atoms with Crippen LogP contribution < -0.4 is 4.90 Å². The predicted octanol–water partition coefficient (Wildman–Crippen LogP) is 4.15. The average molecular weight is 325 g/mol. The Bertz CT molecular complexity index is 752. The molecule has 1 amide bonds. The van der Waals surface area contributed by atoms with Gasteiger partial charge in [-0.3, -0.25) is 4.79 Å². The van der Waals surface area contributed by atoms with Gasteiger partial charge in [0.1, 0.15) is 0 Å². The van der Waals surface area contributed by atoms with Gasteiger partial charge >= 0.3 is 5.97 Å². The van der Waals surface area contributed by atoms with Crippen LogP contribution in [0.4, 0.5) is 5.69 Å². The van der Waals surface area contributed by atoms with Crippen LogP contribution in [0.2, 0.25) is 0 Å². The summed E-state index contributed by atoms with van der Waals surface area (Å²) >= 11 is 0. The Morgan fingerprint density at radius 1 is 1.00 bits per heavy atom. The molecule has 0 N–H and O–H groups in total. The third-order valence-corrected chi connectivity index (χ3v) is 4.01. The smallest absolute Gasteiger partial charge is 0.340 e. The molecule has 0 heterocycles. The molecule has 4 nitrogen and oxygen atoms in total. The fourth-order valence-corrected chi connectivity index (χ4v) is 2.54. The zero-order valence-electron chi connectivity index (χ0n) is 14.6. The molecule has 0 bridgehead atoms. The lowest BCUT2D eigenvalue weighted by Gasteiger charge is -2.23. The van der Waals surface area contributed by atoms with E-state index in [4.69, 9.17) is 4.74 Å². The number of amides is 1. The molecular weight excluding hydrogens is 302 g/mol. The first-order valence-electron chi connectivity index (χ1n) is 8.14. The summed E-state index contributed by atoms with van der Waals surface area (Å²) in [4.78, 5) is 26.7. The summed E-state index contributed by atoms with van der Waals surface area (Å²) < 4.78 is 5.11. The normalized spacial score (nSPS) is 10.3. The lowest BCUT2D eigenvalue weighted by Crippen LogP contribution is -2.32. The lowest BCUT2D eigenvalue weighted by molar-refractivity contribution is 0.0527. The van der Waals surface area contributed by atoms with E-state index in [1.807, 2.05) is 45.0 Å². The van der Waals surface area contributed by atoms with E-state index >= 15 is 0 Å². The second-order valence-electron chi connectivity index (χ2n) is 5.59. The van der Waals surface area contributed by atoms with Crippen molar-refractivity contribution >= 4 is 17.6 Å². The Kier molecular flexibility index (Phi) is 5.74. The second-order valence-corrected chi connectivity index (χ2v) is 5.59. The maximum absolute atomic E-state index is 12.9. The molecule has 0 saturated carbocycles. The van der Waals surface area contributed by atoms with E-state index in [0.717, 1.165) is 11.1 Å². The number of aryl methyl sites for hydroxylation is 2. The number of para-hydroxylation sites is 1. The lowest BCUT2D eigenvalue weighted by atomic mass is 10.0. The van der Waals surface area contributed by atoms with E-state index in [9.17, 15) is 9.59 Å². The van der Waals surface area contributed by atoms with Gasteiger partial charge in [-0.2, -0.15) is 0 Å². The Morgan fingerprint density at radius 2 is 1.71 bits per heavy atom. The van der Waals surface area contributed by atoms with Gasteiger partial charge < -0.3 is 9.64 Å². The third-order valence-electron chi connectivity index (χ3n) is 4.01. The van der Waals surface area contributed by atoms with Crippen LogP contribution >= 0.6 is 0 Å². The van der Waals surface area contributed by atoms with Gasteiger partial charge in [-0.05, 0) is 63.1 Å². The molecule has 0 saturated heterocycles.